The number of nitrogens with zero attached hydrogens (tertiary/aromatic N) is 3. The monoisotopic (exact) mass is 368 g/mol. The third-order valence-electron chi connectivity index (χ3n) is 3.97. The molecular weight excluding hydrogens is 348 g/mol. The van der Waals surface area contributed by atoms with Crippen LogP contribution in [0.3, 0.4) is 0 Å². The fraction of sp³-hybridized carbons (Fsp3) is 0.200. The van der Waals surface area contributed by atoms with Crippen molar-refractivity contribution < 1.29 is 4.79 Å². The molecule has 1 aromatic heterocycles. The normalized spacial score (nSPS) is 10.9. The second-order valence-electron chi connectivity index (χ2n) is 6.10. The summed E-state index contributed by atoms with van der Waals surface area (Å²) in [5.74, 6) is -0.182. The number of likely N-dealkylation sites (N-methyl/N-ethyl adjacent to an activating group) is 1. The molecule has 0 fully saturated rings. The number of hydrogen-bond acceptors (Lipinski definition) is 3. The van der Waals surface area contributed by atoms with Crippen molar-refractivity contribution in [3.05, 3.63) is 83.1 Å². The Hall–Kier alpha value is -2.63. The first kappa shape index (κ1) is 18.2. The summed E-state index contributed by atoms with van der Waals surface area (Å²) >= 11 is 6.00. The summed E-state index contributed by atoms with van der Waals surface area (Å²) in [4.78, 5) is 14.4. The van der Waals surface area contributed by atoms with Gasteiger partial charge in [0.1, 0.15) is 0 Å². The van der Waals surface area contributed by atoms with E-state index in [0.717, 1.165) is 18.8 Å². The first-order chi connectivity index (χ1) is 12.6. The molecule has 134 valence electrons. The Morgan fingerprint density at radius 1 is 1.15 bits per heavy atom. The molecule has 0 bridgehead atoms. The van der Waals surface area contributed by atoms with Gasteiger partial charge >= 0.3 is 0 Å². The average molecular weight is 369 g/mol. The summed E-state index contributed by atoms with van der Waals surface area (Å²) in [5, 5.41) is 7.86. The highest BCUT2D eigenvalue weighted by atomic mass is 35.5. The first-order valence-electron chi connectivity index (χ1n) is 8.44. The zero-order chi connectivity index (χ0) is 18.4. The van der Waals surface area contributed by atoms with E-state index < -0.39 is 0 Å². The van der Waals surface area contributed by atoms with Gasteiger partial charge in [-0.3, -0.25) is 4.79 Å². The summed E-state index contributed by atoms with van der Waals surface area (Å²) < 4.78 is 1.64. The fourth-order valence-electron chi connectivity index (χ4n) is 2.63. The molecule has 26 heavy (non-hydrogen) atoms. The second-order valence-corrected chi connectivity index (χ2v) is 6.54. The number of halogens is 1. The fourth-order valence-corrected chi connectivity index (χ4v) is 2.82. The zero-order valence-corrected chi connectivity index (χ0v) is 15.4. The van der Waals surface area contributed by atoms with E-state index in [9.17, 15) is 4.79 Å². The van der Waals surface area contributed by atoms with Crippen LogP contribution in [0.2, 0.25) is 5.02 Å². The Labute approximate surface area is 158 Å². The van der Waals surface area contributed by atoms with Gasteiger partial charge in [-0.15, -0.1) is 0 Å². The van der Waals surface area contributed by atoms with Crippen molar-refractivity contribution in [1.82, 2.24) is 20.0 Å². The topological polar surface area (TPSA) is 50.2 Å². The predicted molar refractivity (Wildman–Crippen MR) is 104 cm³/mol. The number of carbonyl (C=O) groups excluding carboxylic acids is 1. The van der Waals surface area contributed by atoms with Crippen LogP contribution in [0.25, 0.3) is 5.69 Å². The molecule has 1 heterocycles. The minimum absolute atomic E-state index is 0.182. The molecule has 0 aliphatic carbocycles. The van der Waals surface area contributed by atoms with Crippen LogP contribution in [0.4, 0.5) is 0 Å². The smallest absolute Gasteiger partial charge is 0.271 e. The van der Waals surface area contributed by atoms with Crippen LogP contribution in [0.5, 0.6) is 0 Å². The van der Waals surface area contributed by atoms with E-state index in [4.69, 9.17) is 11.6 Å². The van der Waals surface area contributed by atoms with Gasteiger partial charge in [-0.25, -0.2) is 4.68 Å². The van der Waals surface area contributed by atoms with Gasteiger partial charge in [0, 0.05) is 30.9 Å². The van der Waals surface area contributed by atoms with Gasteiger partial charge in [0.2, 0.25) is 0 Å². The van der Waals surface area contributed by atoms with Crippen LogP contribution >= 0.6 is 11.6 Å². The van der Waals surface area contributed by atoms with E-state index in [2.05, 4.69) is 27.4 Å². The lowest BCUT2D eigenvalue weighted by molar-refractivity contribution is 0.0944. The summed E-state index contributed by atoms with van der Waals surface area (Å²) in [7, 11) is 2.03. The van der Waals surface area contributed by atoms with Gasteiger partial charge in [0.05, 0.1) is 5.69 Å². The molecular formula is C20H21ClN4O. The van der Waals surface area contributed by atoms with Crippen LogP contribution in [-0.4, -0.2) is 40.7 Å². The molecule has 0 atom stereocenters. The van der Waals surface area contributed by atoms with E-state index >= 15 is 0 Å². The molecule has 1 N–H and O–H groups in total. The summed E-state index contributed by atoms with van der Waals surface area (Å²) in [6.07, 6.45) is 1.75. The van der Waals surface area contributed by atoms with Crippen molar-refractivity contribution in [2.24, 2.45) is 0 Å². The quantitative estimate of drug-likeness (QED) is 0.695. The second kappa shape index (κ2) is 8.65. The molecule has 0 aliphatic heterocycles. The van der Waals surface area contributed by atoms with Gasteiger partial charge in [0.25, 0.3) is 5.91 Å². The molecule has 5 nitrogen and oxygen atoms in total. The minimum Gasteiger partial charge on any atom is -0.349 e. The zero-order valence-electron chi connectivity index (χ0n) is 14.6. The first-order valence-corrected chi connectivity index (χ1v) is 8.82. The molecule has 2 aromatic carbocycles. The van der Waals surface area contributed by atoms with Crippen molar-refractivity contribution >= 4 is 17.5 Å². The lowest BCUT2D eigenvalue weighted by Gasteiger charge is -2.16. The van der Waals surface area contributed by atoms with Crippen molar-refractivity contribution in [2.45, 2.75) is 6.54 Å². The SMILES string of the molecule is CN(CCNC(=O)c1ccn(-c2cccc(Cl)c2)n1)Cc1ccccc1. The molecule has 3 aromatic rings. The lowest BCUT2D eigenvalue weighted by atomic mass is 10.2. The van der Waals surface area contributed by atoms with E-state index in [0.29, 0.717) is 17.3 Å². The highest BCUT2D eigenvalue weighted by Gasteiger charge is 2.10. The third-order valence-corrected chi connectivity index (χ3v) is 4.20. The Morgan fingerprint density at radius 3 is 2.73 bits per heavy atom. The van der Waals surface area contributed by atoms with E-state index in [-0.39, 0.29) is 5.91 Å². The van der Waals surface area contributed by atoms with Gasteiger partial charge in [-0.05, 0) is 36.9 Å². The molecule has 1 amide bonds. The largest absolute Gasteiger partial charge is 0.349 e. The van der Waals surface area contributed by atoms with E-state index in [1.165, 1.54) is 5.56 Å². The van der Waals surface area contributed by atoms with E-state index in [1.807, 2.05) is 37.4 Å². The Morgan fingerprint density at radius 2 is 1.96 bits per heavy atom. The van der Waals surface area contributed by atoms with Gasteiger partial charge in [0.15, 0.2) is 5.69 Å². The van der Waals surface area contributed by atoms with Crippen molar-refractivity contribution in [3.63, 3.8) is 0 Å². The summed E-state index contributed by atoms with van der Waals surface area (Å²) in [6, 6.07) is 19.3. The van der Waals surface area contributed by atoms with Crippen molar-refractivity contribution in [1.29, 1.82) is 0 Å². The van der Waals surface area contributed by atoms with Crippen molar-refractivity contribution in [3.8, 4) is 5.69 Å². The number of rotatable bonds is 7. The number of carbonyl (C=O) groups is 1. The molecule has 0 unspecified atom stereocenters. The molecule has 0 radical (unpaired) electrons. The summed E-state index contributed by atoms with van der Waals surface area (Å²) in [6.45, 7) is 2.17. The van der Waals surface area contributed by atoms with Crippen LogP contribution in [0.15, 0.2) is 66.9 Å². The Kier molecular flexibility index (Phi) is 6.04. The number of aromatic nitrogens is 2. The molecule has 0 saturated heterocycles. The highest BCUT2D eigenvalue weighted by molar-refractivity contribution is 6.30. The Balaban J connectivity index is 1.49. The maximum absolute atomic E-state index is 12.3. The van der Waals surface area contributed by atoms with Crippen LogP contribution < -0.4 is 5.32 Å². The van der Waals surface area contributed by atoms with Crippen LogP contribution in [-0.2, 0) is 6.54 Å². The van der Waals surface area contributed by atoms with E-state index in [1.54, 1.807) is 29.1 Å². The summed E-state index contributed by atoms with van der Waals surface area (Å²) in [5.41, 5.74) is 2.46. The number of amides is 1. The van der Waals surface area contributed by atoms with Crippen LogP contribution in [0.1, 0.15) is 16.1 Å². The van der Waals surface area contributed by atoms with Gasteiger partial charge < -0.3 is 10.2 Å². The molecule has 6 heteroatoms. The number of benzene rings is 2. The number of nitrogens with one attached hydrogen (secondary N) is 1. The Bertz CT molecular complexity index is 863. The maximum Gasteiger partial charge on any atom is 0.271 e. The molecule has 3 rings (SSSR count). The molecule has 0 saturated carbocycles. The van der Waals surface area contributed by atoms with Gasteiger partial charge in [-0.1, -0.05) is 48.0 Å². The molecule has 0 spiro atoms. The molecule has 0 aliphatic rings. The highest BCUT2D eigenvalue weighted by Crippen LogP contribution is 2.14. The van der Waals surface area contributed by atoms with Gasteiger partial charge in [-0.2, -0.15) is 5.10 Å². The predicted octanol–water partition coefficient (Wildman–Crippen LogP) is 3.39. The standard InChI is InChI=1S/C20H21ClN4O/c1-24(15-16-6-3-2-4-7-16)13-11-22-20(26)19-10-12-25(23-19)18-9-5-8-17(21)14-18/h2-10,12,14H,11,13,15H2,1H3,(H,22,26). The minimum atomic E-state index is -0.182. The third kappa shape index (κ3) is 4.94. The van der Waals surface area contributed by atoms with Crippen LogP contribution in [0, 0.1) is 0 Å². The average Bonchev–Trinajstić information content (AvgIpc) is 3.13. The number of hydrogen-bond donors (Lipinski definition) is 1. The maximum atomic E-state index is 12.3. The van der Waals surface area contributed by atoms with Crippen molar-refractivity contribution in [2.75, 3.05) is 20.1 Å². The lowest BCUT2D eigenvalue weighted by Crippen LogP contribution is -2.33.